The van der Waals surface area contributed by atoms with Crippen LogP contribution in [-0.2, 0) is 22.7 Å². The molecule has 4 heterocycles. The van der Waals surface area contributed by atoms with Gasteiger partial charge < -0.3 is 30.4 Å². The van der Waals surface area contributed by atoms with Gasteiger partial charge >= 0.3 is 0 Å². The first-order chi connectivity index (χ1) is 16.4. The number of benzene rings is 2. The Hall–Kier alpha value is -2.78. The number of likely N-dealkylation sites (tertiary alicyclic amines) is 2. The minimum Gasteiger partial charge on any atom is -0.543 e. The van der Waals surface area contributed by atoms with Gasteiger partial charge in [0.15, 0.2) is 0 Å². The van der Waals surface area contributed by atoms with Gasteiger partial charge in [-0.25, -0.2) is 0 Å². The van der Waals surface area contributed by atoms with Crippen LogP contribution in [0.1, 0.15) is 11.1 Å². The van der Waals surface area contributed by atoms with Crippen LogP contribution in [0.5, 0.6) is 0 Å². The number of nitrogens with one attached hydrogen (secondary N) is 2. The maximum absolute atomic E-state index is 8.93. The summed E-state index contributed by atoms with van der Waals surface area (Å²) in [7, 11) is 0. The van der Waals surface area contributed by atoms with Crippen molar-refractivity contribution in [3.8, 4) is 0 Å². The molecule has 0 aliphatic carbocycles. The SMILES string of the molecule is O=C([O-])C(=O)[O-].c1ccc(CN2CC3(CNC3)C2)cc1.c1ccc(CN2CC3(CNC3)C2)cc1. The molecule has 4 fully saturated rings. The Bertz CT molecular complexity index is 866. The first kappa shape index (κ1) is 24.3. The molecule has 0 bridgehead atoms. The molecule has 4 saturated heterocycles. The van der Waals surface area contributed by atoms with Gasteiger partial charge in [0.05, 0.1) is 11.9 Å². The molecule has 4 aliphatic rings. The Morgan fingerprint density at radius 1 is 0.647 bits per heavy atom. The van der Waals surface area contributed by atoms with Gasteiger partial charge in [0.2, 0.25) is 0 Å². The number of rotatable bonds is 4. The van der Waals surface area contributed by atoms with Gasteiger partial charge in [0, 0.05) is 76.3 Å². The third-order valence-electron chi connectivity index (χ3n) is 6.90. The number of hydrogen-bond acceptors (Lipinski definition) is 8. The van der Waals surface area contributed by atoms with Crippen molar-refractivity contribution in [2.45, 2.75) is 13.1 Å². The third kappa shape index (κ3) is 6.21. The van der Waals surface area contributed by atoms with Crippen LogP contribution in [0.25, 0.3) is 0 Å². The lowest BCUT2D eigenvalue weighted by atomic mass is 9.74. The van der Waals surface area contributed by atoms with Crippen LogP contribution in [-0.4, -0.2) is 74.1 Å². The van der Waals surface area contributed by atoms with E-state index in [-0.39, 0.29) is 0 Å². The van der Waals surface area contributed by atoms with E-state index in [2.05, 4.69) is 81.1 Å². The van der Waals surface area contributed by atoms with Crippen molar-refractivity contribution in [1.82, 2.24) is 20.4 Å². The number of carbonyl (C=O) groups is 2. The van der Waals surface area contributed by atoms with E-state index in [1.54, 1.807) is 0 Å². The molecule has 8 nitrogen and oxygen atoms in total. The van der Waals surface area contributed by atoms with E-state index in [4.69, 9.17) is 19.8 Å². The number of carboxylic acids is 2. The molecule has 0 amide bonds. The highest BCUT2D eigenvalue weighted by atomic mass is 16.4. The molecule has 6 rings (SSSR count). The molecule has 2 aromatic rings. The summed E-state index contributed by atoms with van der Waals surface area (Å²) in [6, 6.07) is 21.5. The minimum atomic E-state index is -2.19. The first-order valence-corrected chi connectivity index (χ1v) is 11.7. The van der Waals surface area contributed by atoms with Gasteiger partial charge in [-0.2, -0.15) is 0 Å². The Morgan fingerprint density at radius 3 is 1.21 bits per heavy atom. The fraction of sp³-hybridized carbons (Fsp3) is 0.462. The van der Waals surface area contributed by atoms with E-state index in [0.717, 1.165) is 13.1 Å². The van der Waals surface area contributed by atoms with Crippen molar-refractivity contribution in [3.05, 3.63) is 71.8 Å². The van der Waals surface area contributed by atoms with Crippen LogP contribution in [0.15, 0.2) is 60.7 Å². The Morgan fingerprint density at radius 2 is 0.971 bits per heavy atom. The quantitative estimate of drug-likeness (QED) is 0.536. The first-order valence-electron chi connectivity index (χ1n) is 11.7. The maximum atomic E-state index is 8.93. The summed E-state index contributed by atoms with van der Waals surface area (Å²) in [4.78, 5) is 22.9. The number of carboxylic acid groups (broad SMARTS) is 2. The molecule has 8 heteroatoms. The molecular weight excluding hydrogens is 432 g/mol. The number of hydrogen-bond donors (Lipinski definition) is 2. The second kappa shape index (κ2) is 10.7. The highest BCUT2D eigenvalue weighted by Gasteiger charge is 2.47. The highest BCUT2D eigenvalue weighted by molar-refractivity contribution is 6.25. The van der Waals surface area contributed by atoms with Crippen molar-refractivity contribution >= 4 is 11.9 Å². The van der Waals surface area contributed by atoms with Crippen molar-refractivity contribution in [2.75, 3.05) is 52.4 Å². The van der Waals surface area contributed by atoms with Crippen LogP contribution in [0.4, 0.5) is 0 Å². The molecule has 2 aromatic carbocycles. The molecule has 2 spiro atoms. The van der Waals surface area contributed by atoms with E-state index in [1.165, 1.54) is 63.5 Å². The highest BCUT2D eigenvalue weighted by Crippen LogP contribution is 2.35. The molecular formula is C26H32N4O4-2. The lowest BCUT2D eigenvalue weighted by molar-refractivity contribution is -0.345. The fourth-order valence-corrected chi connectivity index (χ4v) is 5.12. The number of aliphatic carboxylic acids is 2. The van der Waals surface area contributed by atoms with Crippen LogP contribution >= 0.6 is 0 Å². The number of nitrogens with zero attached hydrogens (tertiary/aromatic N) is 2. The molecule has 4 aliphatic heterocycles. The Labute approximate surface area is 200 Å². The molecule has 34 heavy (non-hydrogen) atoms. The van der Waals surface area contributed by atoms with E-state index in [0.29, 0.717) is 10.8 Å². The summed E-state index contributed by atoms with van der Waals surface area (Å²) in [6.07, 6.45) is 0. The zero-order chi connectivity index (χ0) is 24.0. The van der Waals surface area contributed by atoms with Gasteiger partial charge in [0.1, 0.15) is 0 Å². The van der Waals surface area contributed by atoms with Gasteiger partial charge in [-0.3, -0.25) is 9.80 Å². The lowest BCUT2D eigenvalue weighted by Gasteiger charge is -2.56. The average molecular weight is 465 g/mol. The van der Waals surface area contributed by atoms with Gasteiger partial charge in [-0.05, 0) is 11.1 Å². The zero-order valence-corrected chi connectivity index (χ0v) is 19.4. The molecule has 0 saturated carbocycles. The maximum Gasteiger partial charge on any atom is 0.0870 e. The Kier molecular flexibility index (Phi) is 7.63. The van der Waals surface area contributed by atoms with Crippen LogP contribution in [0, 0.1) is 10.8 Å². The minimum absolute atomic E-state index is 0.661. The monoisotopic (exact) mass is 464 g/mol. The molecule has 2 N–H and O–H groups in total. The largest absolute Gasteiger partial charge is 0.543 e. The second-order valence-corrected chi connectivity index (χ2v) is 10.0. The second-order valence-electron chi connectivity index (χ2n) is 10.0. The fourth-order valence-electron chi connectivity index (χ4n) is 5.12. The van der Waals surface area contributed by atoms with Crippen molar-refractivity contribution < 1.29 is 19.8 Å². The predicted molar refractivity (Wildman–Crippen MR) is 124 cm³/mol. The molecule has 0 unspecified atom stereocenters. The molecule has 0 radical (unpaired) electrons. The third-order valence-corrected chi connectivity index (χ3v) is 6.90. The summed E-state index contributed by atoms with van der Waals surface area (Å²) >= 11 is 0. The lowest BCUT2D eigenvalue weighted by Crippen LogP contribution is -2.70. The standard InChI is InChI=1S/2C12H16N2.C2H2O4/c2*1-2-4-11(5-3-1)6-14-9-12(10-14)7-13-8-12;3-1(4)2(5)6/h2*1-5,13H,6-10H2;(H,3,4)(H,5,6)/p-2. The van der Waals surface area contributed by atoms with Crippen LogP contribution < -0.4 is 20.8 Å². The van der Waals surface area contributed by atoms with Gasteiger partial charge in [-0.1, -0.05) is 60.7 Å². The molecule has 182 valence electrons. The van der Waals surface area contributed by atoms with Crippen LogP contribution in [0.2, 0.25) is 0 Å². The van der Waals surface area contributed by atoms with E-state index in [1.807, 2.05) is 0 Å². The van der Waals surface area contributed by atoms with Crippen molar-refractivity contribution in [1.29, 1.82) is 0 Å². The Balaban J connectivity index is 0.000000132. The van der Waals surface area contributed by atoms with Gasteiger partial charge in [0.25, 0.3) is 0 Å². The summed E-state index contributed by atoms with van der Waals surface area (Å²) in [5.74, 6) is -4.37. The summed E-state index contributed by atoms with van der Waals surface area (Å²) in [5.41, 5.74) is 4.20. The molecule has 0 aromatic heterocycles. The summed E-state index contributed by atoms with van der Waals surface area (Å²) in [6.45, 7) is 12.3. The van der Waals surface area contributed by atoms with E-state index < -0.39 is 11.9 Å². The predicted octanol–water partition coefficient (Wildman–Crippen LogP) is -1.33. The van der Waals surface area contributed by atoms with Gasteiger partial charge in [-0.15, -0.1) is 0 Å². The summed E-state index contributed by atoms with van der Waals surface area (Å²) < 4.78 is 0. The number of carbonyl (C=O) groups excluding carboxylic acids is 2. The molecule has 0 atom stereocenters. The zero-order valence-electron chi connectivity index (χ0n) is 19.4. The average Bonchev–Trinajstić information content (AvgIpc) is 2.72. The summed E-state index contributed by atoms with van der Waals surface area (Å²) in [5, 5.41) is 24.6. The van der Waals surface area contributed by atoms with Crippen molar-refractivity contribution in [3.63, 3.8) is 0 Å². The smallest absolute Gasteiger partial charge is 0.0870 e. The topological polar surface area (TPSA) is 111 Å². The normalized spacial score (nSPS) is 21.3. The van der Waals surface area contributed by atoms with E-state index >= 15 is 0 Å². The van der Waals surface area contributed by atoms with Crippen LogP contribution in [0.3, 0.4) is 0 Å². The van der Waals surface area contributed by atoms with Crippen molar-refractivity contribution in [2.24, 2.45) is 10.8 Å². The van der Waals surface area contributed by atoms with E-state index in [9.17, 15) is 0 Å².